The zero-order valence-corrected chi connectivity index (χ0v) is 17.5. The van der Waals surface area contributed by atoms with E-state index in [0.29, 0.717) is 10.6 Å². The number of hydrogen-bond acceptors (Lipinski definition) is 5. The van der Waals surface area contributed by atoms with Gasteiger partial charge in [0, 0.05) is 36.7 Å². The first-order valence-corrected chi connectivity index (χ1v) is 10.9. The van der Waals surface area contributed by atoms with E-state index in [1.165, 1.54) is 11.8 Å². The van der Waals surface area contributed by atoms with Crippen LogP contribution in [0.15, 0.2) is 64.5 Å². The number of hydrogen-bond donors (Lipinski definition) is 0. The SMILES string of the molecule is COc1ccc2c(c1)N(C)CS2=C1SC(=CC(=O)c2ccccc2)N(C)C1=O. The summed E-state index contributed by atoms with van der Waals surface area (Å²) in [6.07, 6.45) is 1.56. The van der Waals surface area contributed by atoms with Crippen molar-refractivity contribution in [1.82, 2.24) is 4.90 Å². The van der Waals surface area contributed by atoms with Crippen LogP contribution in [-0.4, -0.2) is 47.9 Å². The molecule has 2 aromatic rings. The molecular formula is C21H20N2O3S2. The Bertz CT molecular complexity index is 1030. The lowest BCUT2D eigenvalue weighted by atomic mass is 10.1. The van der Waals surface area contributed by atoms with E-state index in [1.54, 1.807) is 37.3 Å². The summed E-state index contributed by atoms with van der Waals surface area (Å²) in [4.78, 5) is 30.4. The number of ketones is 1. The van der Waals surface area contributed by atoms with Gasteiger partial charge >= 0.3 is 0 Å². The topological polar surface area (TPSA) is 49.9 Å². The normalized spacial score (nSPS) is 21.4. The first kappa shape index (κ1) is 18.8. The van der Waals surface area contributed by atoms with Crippen molar-refractivity contribution in [1.29, 1.82) is 0 Å². The van der Waals surface area contributed by atoms with Crippen LogP contribution < -0.4 is 9.64 Å². The summed E-state index contributed by atoms with van der Waals surface area (Å²) in [6, 6.07) is 15.1. The van der Waals surface area contributed by atoms with Gasteiger partial charge in [0.1, 0.15) is 9.95 Å². The van der Waals surface area contributed by atoms with Crippen molar-refractivity contribution in [3.05, 3.63) is 65.2 Å². The maximum atomic E-state index is 12.9. The van der Waals surface area contributed by atoms with Crippen molar-refractivity contribution < 1.29 is 14.3 Å². The first-order valence-electron chi connectivity index (χ1n) is 8.73. The third-order valence-electron chi connectivity index (χ3n) is 4.71. The number of thioether (sulfide) groups is 1. The van der Waals surface area contributed by atoms with Gasteiger partial charge in [-0.2, -0.15) is 0 Å². The van der Waals surface area contributed by atoms with E-state index in [2.05, 4.69) is 4.90 Å². The van der Waals surface area contributed by atoms with Gasteiger partial charge < -0.3 is 14.5 Å². The molecule has 5 nitrogen and oxygen atoms in total. The van der Waals surface area contributed by atoms with Crippen LogP contribution in [0, 0.1) is 0 Å². The van der Waals surface area contributed by atoms with Crippen molar-refractivity contribution in [3.63, 3.8) is 0 Å². The second kappa shape index (κ2) is 7.48. The van der Waals surface area contributed by atoms with E-state index < -0.39 is 0 Å². The number of anilines is 1. The number of rotatable bonds is 3. The Balaban J connectivity index is 1.70. The summed E-state index contributed by atoms with van der Waals surface area (Å²) in [7, 11) is 5.06. The average Bonchev–Trinajstić information content (AvgIpc) is 3.19. The lowest BCUT2D eigenvalue weighted by molar-refractivity contribution is -0.120. The number of carbonyl (C=O) groups is 2. The third-order valence-corrected chi connectivity index (χ3v) is 8.67. The maximum Gasteiger partial charge on any atom is 0.271 e. The van der Waals surface area contributed by atoms with Gasteiger partial charge in [-0.1, -0.05) is 42.1 Å². The lowest BCUT2D eigenvalue weighted by Gasteiger charge is -2.11. The van der Waals surface area contributed by atoms with E-state index in [9.17, 15) is 9.59 Å². The first-order chi connectivity index (χ1) is 13.5. The molecule has 0 N–H and O–H groups in total. The molecule has 1 atom stereocenters. The Morgan fingerprint density at radius 2 is 1.93 bits per heavy atom. The molecule has 1 unspecified atom stereocenters. The summed E-state index contributed by atoms with van der Waals surface area (Å²) in [5.41, 5.74) is 1.70. The Hall–Kier alpha value is -2.51. The summed E-state index contributed by atoms with van der Waals surface area (Å²) in [6.45, 7) is 0. The van der Waals surface area contributed by atoms with Gasteiger partial charge in [0.25, 0.3) is 5.91 Å². The molecule has 2 aromatic carbocycles. The number of ether oxygens (including phenoxy) is 1. The Morgan fingerprint density at radius 1 is 1.18 bits per heavy atom. The van der Waals surface area contributed by atoms with E-state index in [0.717, 1.165) is 26.4 Å². The zero-order chi connectivity index (χ0) is 19.8. The summed E-state index contributed by atoms with van der Waals surface area (Å²) >= 11 is 1.41. The molecule has 2 heterocycles. The minimum Gasteiger partial charge on any atom is -0.497 e. The molecule has 1 saturated heterocycles. The highest BCUT2D eigenvalue weighted by Gasteiger charge is 2.35. The fourth-order valence-electron chi connectivity index (χ4n) is 3.15. The van der Waals surface area contributed by atoms with Crippen LogP contribution in [-0.2, 0) is 4.79 Å². The highest BCUT2D eigenvalue weighted by molar-refractivity contribution is 8.37. The molecule has 0 aromatic heterocycles. The highest BCUT2D eigenvalue weighted by Crippen LogP contribution is 2.49. The lowest BCUT2D eigenvalue weighted by Crippen LogP contribution is -2.22. The molecule has 0 spiro atoms. The van der Waals surface area contributed by atoms with Crippen LogP contribution in [0.5, 0.6) is 5.75 Å². The summed E-state index contributed by atoms with van der Waals surface area (Å²) < 4.78 is 6.11. The van der Waals surface area contributed by atoms with Crippen LogP contribution in [0.1, 0.15) is 10.4 Å². The predicted molar refractivity (Wildman–Crippen MR) is 116 cm³/mol. The molecule has 7 heteroatoms. The number of nitrogens with zero attached hydrogens (tertiary/aromatic N) is 2. The summed E-state index contributed by atoms with van der Waals surface area (Å²) in [5, 5.41) is 0.672. The monoisotopic (exact) mass is 412 g/mol. The molecule has 1 amide bonds. The Labute approximate surface area is 170 Å². The van der Waals surface area contributed by atoms with Gasteiger partial charge in [-0.25, -0.2) is 0 Å². The molecule has 4 rings (SSSR count). The molecule has 0 saturated carbocycles. The molecule has 1 fully saturated rings. The smallest absolute Gasteiger partial charge is 0.271 e. The highest BCUT2D eigenvalue weighted by atomic mass is 32.2. The fraction of sp³-hybridized carbons (Fsp3) is 0.190. The molecule has 28 heavy (non-hydrogen) atoms. The van der Waals surface area contributed by atoms with E-state index >= 15 is 0 Å². The van der Waals surface area contributed by atoms with E-state index in [-0.39, 0.29) is 22.2 Å². The second-order valence-corrected chi connectivity index (χ2v) is 9.69. The number of fused-ring (bicyclic) bond motifs is 1. The van der Waals surface area contributed by atoms with Crippen LogP contribution in [0.25, 0.3) is 0 Å². The maximum absolute atomic E-state index is 12.9. The molecule has 0 bridgehead atoms. The van der Waals surface area contributed by atoms with Crippen LogP contribution in [0.4, 0.5) is 5.69 Å². The molecular weight excluding hydrogens is 392 g/mol. The fourth-order valence-corrected chi connectivity index (χ4v) is 7.06. The van der Waals surface area contributed by atoms with Gasteiger partial charge in [-0.15, -0.1) is 10.5 Å². The van der Waals surface area contributed by atoms with Crippen molar-refractivity contribution in [2.45, 2.75) is 4.90 Å². The quantitative estimate of drug-likeness (QED) is 0.436. The van der Waals surface area contributed by atoms with Crippen molar-refractivity contribution in [2.75, 3.05) is 32.0 Å². The second-order valence-electron chi connectivity index (χ2n) is 6.52. The van der Waals surface area contributed by atoms with Crippen molar-refractivity contribution >= 4 is 43.8 Å². The Morgan fingerprint density at radius 3 is 2.64 bits per heavy atom. The zero-order valence-electron chi connectivity index (χ0n) is 15.8. The van der Waals surface area contributed by atoms with Crippen LogP contribution >= 0.6 is 22.2 Å². The van der Waals surface area contributed by atoms with E-state index in [4.69, 9.17) is 4.74 Å². The van der Waals surface area contributed by atoms with Crippen molar-refractivity contribution in [2.24, 2.45) is 0 Å². The summed E-state index contributed by atoms with van der Waals surface area (Å²) in [5.74, 6) is 1.43. The van der Waals surface area contributed by atoms with Gasteiger partial charge in [-0.05, 0) is 12.1 Å². The number of amides is 1. The van der Waals surface area contributed by atoms with E-state index in [1.807, 2.05) is 43.4 Å². The number of allylic oxidation sites excluding steroid dienone is 1. The van der Waals surface area contributed by atoms with Gasteiger partial charge in [0.05, 0.1) is 23.7 Å². The van der Waals surface area contributed by atoms with Gasteiger partial charge in [0.2, 0.25) is 0 Å². The largest absolute Gasteiger partial charge is 0.497 e. The molecule has 2 aliphatic heterocycles. The molecule has 144 valence electrons. The molecule has 0 aliphatic carbocycles. The molecule has 0 radical (unpaired) electrons. The van der Waals surface area contributed by atoms with Gasteiger partial charge in [-0.3, -0.25) is 9.59 Å². The number of carbonyl (C=O) groups excluding carboxylic acids is 2. The number of benzene rings is 2. The average molecular weight is 413 g/mol. The minimum absolute atomic E-state index is 0.0301. The predicted octanol–water partition coefficient (Wildman–Crippen LogP) is 3.79. The standard InChI is InChI=1S/C21H20N2O3S2/c1-22-13-28(18-10-9-15(26-3)11-16(18)22)21-20(25)23(2)19(27-21)12-17(24)14-7-5-4-6-8-14/h4-12H,13H2,1-3H3. The Kier molecular flexibility index (Phi) is 5.03. The molecule has 2 aliphatic rings. The van der Waals surface area contributed by atoms with Gasteiger partial charge in [0.15, 0.2) is 5.78 Å². The number of methoxy groups -OCH3 is 1. The van der Waals surface area contributed by atoms with Crippen LogP contribution in [0.2, 0.25) is 0 Å². The van der Waals surface area contributed by atoms with Crippen LogP contribution in [0.3, 0.4) is 0 Å². The third kappa shape index (κ3) is 3.25. The minimum atomic E-state index is -0.342. The van der Waals surface area contributed by atoms with Crippen molar-refractivity contribution in [3.8, 4) is 5.75 Å².